The van der Waals surface area contributed by atoms with Crippen LogP contribution in [0.25, 0.3) is 0 Å². The van der Waals surface area contributed by atoms with E-state index in [2.05, 4.69) is 13.0 Å². The van der Waals surface area contributed by atoms with Gasteiger partial charge in [-0.05, 0) is 18.9 Å². The molecule has 0 amide bonds. The van der Waals surface area contributed by atoms with Gasteiger partial charge in [0, 0.05) is 6.92 Å². The maximum atomic E-state index is 11.0. The molecule has 0 bridgehead atoms. The average Bonchev–Trinajstić information content (AvgIpc) is 3.28. The summed E-state index contributed by atoms with van der Waals surface area (Å²) in [6.45, 7) is 5.74. The summed E-state index contributed by atoms with van der Waals surface area (Å²) >= 11 is 0. The number of hydrogen-bond donors (Lipinski definition) is 0. The van der Waals surface area contributed by atoms with Crippen LogP contribution in [0.3, 0.4) is 0 Å². The molecule has 0 aromatic carbocycles. The summed E-state index contributed by atoms with van der Waals surface area (Å²) in [7, 11) is 0. The van der Waals surface area contributed by atoms with Crippen molar-refractivity contribution in [1.82, 2.24) is 0 Å². The van der Waals surface area contributed by atoms with E-state index >= 15 is 0 Å². The maximum absolute atomic E-state index is 11.0. The Hall–Kier alpha value is -0.830. The molecule has 0 aliphatic carbocycles. The summed E-state index contributed by atoms with van der Waals surface area (Å²) in [5.74, 6) is -0.218. The van der Waals surface area contributed by atoms with Gasteiger partial charge in [0.2, 0.25) is 0 Å². The van der Waals surface area contributed by atoms with Crippen molar-refractivity contribution in [2.75, 3.05) is 0 Å². The zero-order valence-electron chi connectivity index (χ0n) is 15.4. The van der Waals surface area contributed by atoms with Gasteiger partial charge in [-0.3, -0.25) is 4.79 Å². The molecule has 0 N–H and O–H groups in total. The molecule has 0 radical (unpaired) electrons. The number of epoxide rings is 1. The molecule has 3 unspecified atom stereocenters. The van der Waals surface area contributed by atoms with Crippen molar-refractivity contribution < 1.29 is 14.3 Å². The lowest BCUT2D eigenvalue weighted by atomic mass is 10.1. The van der Waals surface area contributed by atoms with Crippen molar-refractivity contribution in [3.05, 3.63) is 12.2 Å². The second-order valence-corrected chi connectivity index (χ2v) is 6.70. The summed E-state index contributed by atoms with van der Waals surface area (Å²) in [5.41, 5.74) is 0. The number of esters is 1. The van der Waals surface area contributed by atoms with Crippen LogP contribution in [0, 0.1) is 0 Å². The summed E-state index contributed by atoms with van der Waals surface area (Å²) in [6.07, 6.45) is 18.8. The van der Waals surface area contributed by atoms with Gasteiger partial charge in [-0.1, -0.05) is 77.7 Å². The number of carbonyl (C=O) groups is 1. The summed E-state index contributed by atoms with van der Waals surface area (Å²) < 4.78 is 10.9. The van der Waals surface area contributed by atoms with Crippen molar-refractivity contribution in [1.29, 1.82) is 0 Å². The molecular weight excluding hydrogens is 288 g/mol. The normalized spacial score (nSPS) is 21.5. The van der Waals surface area contributed by atoms with Gasteiger partial charge in [0.1, 0.15) is 12.2 Å². The van der Waals surface area contributed by atoms with Crippen LogP contribution in [0.4, 0.5) is 0 Å². The predicted octanol–water partition coefficient (Wildman–Crippen LogP) is 5.57. The van der Waals surface area contributed by atoms with E-state index in [1.165, 1.54) is 64.7 Å². The number of unbranched alkanes of at least 4 members (excludes halogenated alkanes) is 8. The molecule has 0 aromatic heterocycles. The van der Waals surface area contributed by atoms with Crippen LogP contribution in [0.2, 0.25) is 0 Å². The highest BCUT2D eigenvalue weighted by atomic mass is 16.6. The Morgan fingerprint density at radius 1 is 1.04 bits per heavy atom. The Labute approximate surface area is 142 Å². The Kier molecular flexibility index (Phi) is 11.1. The Bertz CT molecular complexity index is 338. The number of rotatable bonds is 14. The van der Waals surface area contributed by atoms with E-state index in [0.29, 0.717) is 6.10 Å². The van der Waals surface area contributed by atoms with Gasteiger partial charge in [0.25, 0.3) is 0 Å². The first-order valence-electron chi connectivity index (χ1n) is 9.68. The molecular formula is C20H36O3. The smallest absolute Gasteiger partial charge is 0.303 e. The topological polar surface area (TPSA) is 38.8 Å². The van der Waals surface area contributed by atoms with Crippen LogP contribution in [0.1, 0.15) is 91.4 Å². The van der Waals surface area contributed by atoms with Gasteiger partial charge in [-0.15, -0.1) is 0 Å². The Morgan fingerprint density at radius 2 is 1.65 bits per heavy atom. The van der Waals surface area contributed by atoms with Gasteiger partial charge in [-0.25, -0.2) is 0 Å². The van der Waals surface area contributed by atoms with Gasteiger partial charge in [-0.2, -0.15) is 0 Å². The second-order valence-electron chi connectivity index (χ2n) is 6.70. The predicted molar refractivity (Wildman–Crippen MR) is 95.5 cm³/mol. The number of ether oxygens (including phenoxy) is 2. The monoisotopic (exact) mass is 324 g/mol. The highest BCUT2D eigenvalue weighted by Crippen LogP contribution is 2.29. The molecule has 23 heavy (non-hydrogen) atoms. The molecule has 1 aliphatic rings. The van der Waals surface area contributed by atoms with E-state index in [0.717, 1.165) is 12.8 Å². The fourth-order valence-corrected chi connectivity index (χ4v) is 2.92. The fourth-order valence-electron chi connectivity index (χ4n) is 2.92. The lowest BCUT2D eigenvalue weighted by Crippen LogP contribution is -2.12. The lowest BCUT2D eigenvalue weighted by molar-refractivity contribution is -0.144. The summed E-state index contributed by atoms with van der Waals surface area (Å²) in [5, 5.41) is 0. The summed E-state index contributed by atoms with van der Waals surface area (Å²) in [6, 6.07) is 0. The van der Waals surface area contributed by atoms with Gasteiger partial charge < -0.3 is 9.47 Å². The molecule has 0 spiro atoms. The molecule has 3 atom stereocenters. The summed E-state index contributed by atoms with van der Waals surface area (Å²) in [4.78, 5) is 11.0. The third kappa shape index (κ3) is 10.5. The molecule has 1 rings (SSSR count). The van der Waals surface area contributed by atoms with Crippen molar-refractivity contribution in [3.8, 4) is 0 Å². The first kappa shape index (κ1) is 20.2. The van der Waals surface area contributed by atoms with Crippen molar-refractivity contribution in [3.63, 3.8) is 0 Å². The second kappa shape index (κ2) is 12.6. The lowest BCUT2D eigenvalue weighted by Gasteiger charge is -2.09. The molecule has 1 fully saturated rings. The van der Waals surface area contributed by atoms with E-state index in [1.54, 1.807) is 0 Å². The minimum atomic E-state index is -0.218. The molecule has 0 aromatic rings. The highest BCUT2D eigenvalue weighted by molar-refractivity contribution is 5.66. The van der Waals surface area contributed by atoms with Gasteiger partial charge >= 0.3 is 5.97 Å². The van der Waals surface area contributed by atoms with Crippen LogP contribution >= 0.6 is 0 Å². The van der Waals surface area contributed by atoms with E-state index in [9.17, 15) is 4.79 Å². The zero-order valence-corrected chi connectivity index (χ0v) is 15.4. The quantitative estimate of drug-likeness (QED) is 0.181. The van der Waals surface area contributed by atoms with Crippen molar-refractivity contribution in [2.24, 2.45) is 0 Å². The van der Waals surface area contributed by atoms with Crippen molar-refractivity contribution >= 4 is 5.97 Å². The Morgan fingerprint density at radius 3 is 2.22 bits per heavy atom. The van der Waals surface area contributed by atoms with Crippen molar-refractivity contribution in [2.45, 2.75) is 110 Å². The Balaban J connectivity index is 1.95. The van der Waals surface area contributed by atoms with Crippen LogP contribution in [-0.2, 0) is 14.3 Å². The first-order valence-corrected chi connectivity index (χ1v) is 9.68. The number of carbonyl (C=O) groups excluding carboxylic acids is 1. The fraction of sp³-hybridized carbons (Fsp3) is 0.850. The van der Waals surface area contributed by atoms with E-state index in [1.807, 2.05) is 13.0 Å². The largest absolute Gasteiger partial charge is 0.458 e. The van der Waals surface area contributed by atoms with Gasteiger partial charge in [0.05, 0.1) is 6.10 Å². The highest BCUT2D eigenvalue weighted by Gasteiger charge is 2.35. The maximum Gasteiger partial charge on any atom is 0.303 e. The third-order valence-electron chi connectivity index (χ3n) is 4.45. The van der Waals surface area contributed by atoms with E-state index in [-0.39, 0.29) is 18.2 Å². The molecule has 1 saturated heterocycles. The molecule has 0 saturated carbocycles. The first-order chi connectivity index (χ1) is 11.2. The minimum absolute atomic E-state index is 0.106. The van der Waals surface area contributed by atoms with Crippen LogP contribution in [0.15, 0.2) is 12.2 Å². The standard InChI is InChI=1S/C20H36O3/c1-4-6-7-8-9-10-11-12-13-14-19-20(23-19)16-15-18(5-2)22-17(3)21/h15-16,18-20H,4-14H2,1-3H3/b16-15+. The van der Waals surface area contributed by atoms with E-state index < -0.39 is 0 Å². The third-order valence-corrected chi connectivity index (χ3v) is 4.45. The van der Waals surface area contributed by atoms with Crippen LogP contribution in [-0.4, -0.2) is 24.3 Å². The molecule has 1 heterocycles. The molecule has 3 nitrogen and oxygen atoms in total. The van der Waals surface area contributed by atoms with Gasteiger partial charge in [0.15, 0.2) is 0 Å². The average molecular weight is 325 g/mol. The molecule has 1 aliphatic heterocycles. The SMILES string of the molecule is CCCCCCCCCCCC1OC1/C=C/C(CC)OC(C)=O. The minimum Gasteiger partial charge on any atom is -0.458 e. The molecule has 3 heteroatoms. The van der Waals surface area contributed by atoms with Crippen LogP contribution in [0.5, 0.6) is 0 Å². The molecule has 134 valence electrons. The van der Waals surface area contributed by atoms with E-state index in [4.69, 9.17) is 9.47 Å². The van der Waals surface area contributed by atoms with Crippen LogP contribution < -0.4 is 0 Å². The number of hydrogen-bond acceptors (Lipinski definition) is 3. The zero-order chi connectivity index (χ0) is 16.9.